The highest BCUT2D eigenvalue weighted by atomic mass is 16.2. The average molecular weight is 263 g/mol. The van der Waals surface area contributed by atoms with Crippen LogP contribution in [0.5, 0.6) is 0 Å². The molecule has 5 heteroatoms. The number of carbonyl (C=O) groups excluding carboxylic acids is 2. The Kier molecular flexibility index (Phi) is 5.56. The van der Waals surface area contributed by atoms with Gasteiger partial charge in [0.1, 0.15) is 6.42 Å². The Morgan fingerprint density at radius 1 is 1.21 bits per heavy atom. The van der Waals surface area contributed by atoms with E-state index in [0.29, 0.717) is 32.1 Å². The van der Waals surface area contributed by atoms with Crippen LogP contribution in [0.1, 0.15) is 27.2 Å². The van der Waals surface area contributed by atoms with Crippen molar-refractivity contribution >= 4 is 11.8 Å². The maximum Gasteiger partial charge on any atom is 0.246 e. The third-order valence-corrected chi connectivity index (χ3v) is 3.44. The molecule has 104 valence electrons. The zero-order valence-electron chi connectivity index (χ0n) is 11.8. The predicted molar refractivity (Wildman–Crippen MR) is 72.0 cm³/mol. The van der Waals surface area contributed by atoms with Crippen LogP contribution in [-0.2, 0) is 9.59 Å². The lowest BCUT2D eigenvalue weighted by atomic mass is 10.0. The van der Waals surface area contributed by atoms with E-state index in [1.54, 1.807) is 15.9 Å². The molecule has 19 heavy (non-hydrogen) atoms. The molecule has 1 rings (SSSR count). The van der Waals surface area contributed by atoms with Crippen molar-refractivity contribution < 1.29 is 9.59 Å². The monoisotopic (exact) mass is 263 g/mol. The van der Waals surface area contributed by atoms with Crippen molar-refractivity contribution in [2.24, 2.45) is 5.92 Å². The second kappa shape index (κ2) is 6.93. The number of piperazine rings is 1. The summed E-state index contributed by atoms with van der Waals surface area (Å²) in [6, 6.07) is 1.86. The number of rotatable bonds is 3. The lowest BCUT2D eigenvalue weighted by molar-refractivity contribution is -0.136. The second-order valence-corrected chi connectivity index (χ2v) is 5.08. The van der Waals surface area contributed by atoms with Crippen LogP contribution in [0.15, 0.2) is 11.6 Å². The Hall–Kier alpha value is -1.83. The van der Waals surface area contributed by atoms with E-state index in [0.717, 1.165) is 5.57 Å². The van der Waals surface area contributed by atoms with Crippen LogP contribution < -0.4 is 0 Å². The van der Waals surface area contributed by atoms with Crippen molar-refractivity contribution in [3.05, 3.63) is 11.6 Å². The summed E-state index contributed by atoms with van der Waals surface area (Å²) >= 11 is 0. The fourth-order valence-corrected chi connectivity index (χ4v) is 1.81. The molecule has 0 unspecified atom stereocenters. The first kappa shape index (κ1) is 15.2. The number of hydrogen-bond donors (Lipinski definition) is 0. The van der Waals surface area contributed by atoms with E-state index in [2.05, 4.69) is 13.8 Å². The summed E-state index contributed by atoms with van der Waals surface area (Å²) in [6.07, 6.45) is 1.59. The quantitative estimate of drug-likeness (QED) is 0.718. The number of nitriles is 1. The van der Waals surface area contributed by atoms with Crippen molar-refractivity contribution in [1.29, 1.82) is 5.26 Å². The molecule has 1 heterocycles. The zero-order valence-corrected chi connectivity index (χ0v) is 11.8. The fourth-order valence-electron chi connectivity index (χ4n) is 1.81. The molecule has 0 aromatic heterocycles. The van der Waals surface area contributed by atoms with Gasteiger partial charge < -0.3 is 9.80 Å². The molecule has 0 spiro atoms. The van der Waals surface area contributed by atoms with Crippen LogP contribution in [0.4, 0.5) is 0 Å². The predicted octanol–water partition coefficient (Wildman–Crippen LogP) is 1.17. The summed E-state index contributed by atoms with van der Waals surface area (Å²) in [7, 11) is 0. The minimum absolute atomic E-state index is 0.0126. The van der Waals surface area contributed by atoms with Crippen molar-refractivity contribution in [1.82, 2.24) is 9.80 Å². The summed E-state index contributed by atoms with van der Waals surface area (Å²) < 4.78 is 0. The Balaban J connectivity index is 2.50. The third kappa shape index (κ3) is 4.40. The molecule has 2 amide bonds. The van der Waals surface area contributed by atoms with Gasteiger partial charge in [-0.1, -0.05) is 19.4 Å². The molecule has 1 aliphatic heterocycles. The van der Waals surface area contributed by atoms with Crippen LogP contribution >= 0.6 is 0 Å². The summed E-state index contributed by atoms with van der Waals surface area (Å²) in [5, 5.41) is 8.49. The highest BCUT2D eigenvalue weighted by Crippen LogP contribution is 2.10. The molecule has 1 fully saturated rings. The molecular weight excluding hydrogens is 242 g/mol. The number of amides is 2. The second-order valence-electron chi connectivity index (χ2n) is 5.08. The van der Waals surface area contributed by atoms with Crippen LogP contribution in [0.25, 0.3) is 0 Å². The Bertz CT molecular complexity index is 413. The first-order valence-electron chi connectivity index (χ1n) is 6.57. The van der Waals surface area contributed by atoms with Gasteiger partial charge in [0.15, 0.2) is 0 Å². The van der Waals surface area contributed by atoms with Gasteiger partial charge in [0, 0.05) is 32.3 Å². The fraction of sp³-hybridized carbons (Fsp3) is 0.643. The molecule has 0 aromatic carbocycles. The van der Waals surface area contributed by atoms with Crippen LogP contribution in [-0.4, -0.2) is 47.8 Å². The highest BCUT2D eigenvalue weighted by Gasteiger charge is 2.22. The lowest BCUT2D eigenvalue weighted by Crippen LogP contribution is -2.50. The first-order valence-corrected chi connectivity index (χ1v) is 6.57. The van der Waals surface area contributed by atoms with E-state index in [9.17, 15) is 9.59 Å². The summed E-state index contributed by atoms with van der Waals surface area (Å²) in [5.74, 6) is 0.226. The molecule has 0 radical (unpaired) electrons. The molecule has 0 aromatic rings. The molecule has 5 nitrogen and oxygen atoms in total. The topological polar surface area (TPSA) is 64.4 Å². The maximum absolute atomic E-state index is 12.0. The number of carbonyl (C=O) groups is 2. The molecule has 0 bridgehead atoms. The van der Waals surface area contributed by atoms with Gasteiger partial charge in [0.2, 0.25) is 11.8 Å². The molecular formula is C14H21N3O2. The van der Waals surface area contributed by atoms with Gasteiger partial charge in [0.25, 0.3) is 0 Å². The Labute approximate surface area is 114 Å². The van der Waals surface area contributed by atoms with E-state index in [4.69, 9.17) is 5.26 Å². The van der Waals surface area contributed by atoms with Crippen LogP contribution in [0.3, 0.4) is 0 Å². The van der Waals surface area contributed by atoms with Crippen molar-refractivity contribution in [3.63, 3.8) is 0 Å². The minimum atomic E-state index is -0.150. The van der Waals surface area contributed by atoms with E-state index in [-0.39, 0.29) is 18.2 Å². The molecule has 0 N–H and O–H groups in total. The van der Waals surface area contributed by atoms with Gasteiger partial charge in [-0.05, 0) is 12.8 Å². The highest BCUT2D eigenvalue weighted by molar-refractivity contribution is 5.88. The van der Waals surface area contributed by atoms with Gasteiger partial charge in [0.05, 0.1) is 6.07 Å². The van der Waals surface area contributed by atoms with Crippen LogP contribution in [0, 0.1) is 17.2 Å². The normalized spacial score (nSPS) is 16.5. The summed E-state index contributed by atoms with van der Waals surface area (Å²) in [4.78, 5) is 26.9. The molecule has 0 saturated carbocycles. The molecule has 1 saturated heterocycles. The Morgan fingerprint density at radius 3 is 2.21 bits per heavy atom. The van der Waals surface area contributed by atoms with Crippen molar-refractivity contribution in [2.75, 3.05) is 26.2 Å². The molecule has 0 atom stereocenters. The third-order valence-electron chi connectivity index (χ3n) is 3.44. The van der Waals surface area contributed by atoms with Crippen molar-refractivity contribution in [3.8, 4) is 6.07 Å². The van der Waals surface area contributed by atoms with Gasteiger partial charge in [-0.3, -0.25) is 9.59 Å². The lowest BCUT2D eigenvalue weighted by Gasteiger charge is -2.34. The van der Waals surface area contributed by atoms with Gasteiger partial charge >= 0.3 is 0 Å². The SMILES string of the molecule is C/C(=C\C(=O)N1CCN(C(=O)CC#N)CC1)C(C)C. The van der Waals surface area contributed by atoms with E-state index >= 15 is 0 Å². The summed E-state index contributed by atoms with van der Waals surface area (Å²) in [6.45, 7) is 8.17. The zero-order chi connectivity index (χ0) is 14.4. The minimum Gasteiger partial charge on any atom is -0.338 e. The van der Waals surface area contributed by atoms with E-state index in [1.807, 2.05) is 13.0 Å². The van der Waals surface area contributed by atoms with E-state index < -0.39 is 0 Å². The van der Waals surface area contributed by atoms with E-state index in [1.165, 1.54) is 0 Å². The van der Waals surface area contributed by atoms with Gasteiger partial charge in [-0.25, -0.2) is 0 Å². The first-order chi connectivity index (χ1) is 8.95. The maximum atomic E-state index is 12.0. The number of allylic oxidation sites excluding steroid dienone is 1. The van der Waals surface area contributed by atoms with Crippen LogP contribution in [0.2, 0.25) is 0 Å². The van der Waals surface area contributed by atoms with Gasteiger partial charge in [-0.15, -0.1) is 0 Å². The number of hydrogen-bond acceptors (Lipinski definition) is 3. The molecule has 0 aliphatic carbocycles. The summed E-state index contributed by atoms with van der Waals surface area (Å²) in [5.41, 5.74) is 1.06. The van der Waals surface area contributed by atoms with Crippen molar-refractivity contribution in [2.45, 2.75) is 27.2 Å². The standard InChI is InChI=1S/C14H21N3O2/c1-11(2)12(3)10-14(19)17-8-6-16(7-9-17)13(18)4-5-15/h10-11H,4,6-9H2,1-3H3/b12-10+. The van der Waals surface area contributed by atoms with Gasteiger partial charge in [-0.2, -0.15) is 5.26 Å². The molecule has 1 aliphatic rings. The number of nitrogens with zero attached hydrogens (tertiary/aromatic N) is 3. The smallest absolute Gasteiger partial charge is 0.246 e. The largest absolute Gasteiger partial charge is 0.338 e. The Morgan fingerprint density at radius 2 is 1.74 bits per heavy atom. The average Bonchev–Trinajstić information content (AvgIpc) is 2.39.